The number of likely N-dealkylation sites (tertiary alicyclic amines) is 1. The van der Waals surface area contributed by atoms with Gasteiger partial charge in [-0.15, -0.1) is 0 Å². The third kappa shape index (κ3) is 3.73. The number of carbonyl (C=O) groups is 3. The molecule has 1 aliphatic heterocycles. The normalized spacial score (nSPS) is 25.2. The summed E-state index contributed by atoms with van der Waals surface area (Å²) in [6, 6.07) is 16.2. The van der Waals surface area contributed by atoms with E-state index in [1.807, 2.05) is 24.3 Å². The van der Waals surface area contributed by atoms with Gasteiger partial charge in [-0.25, -0.2) is 4.79 Å². The monoisotopic (exact) mass is 460 g/mol. The van der Waals surface area contributed by atoms with Crippen LogP contribution in [-0.2, 0) is 14.3 Å². The average Bonchev–Trinajstić information content (AvgIpc) is 3.73. The van der Waals surface area contributed by atoms with Crippen molar-refractivity contribution in [2.45, 2.75) is 31.2 Å². The number of hydrogen-bond donors (Lipinski definition) is 2. The van der Waals surface area contributed by atoms with Crippen molar-refractivity contribution >= 4 is 18.0 Å². The number of benzene rings is 2. The second-order valence-corrected chi connectivity index (χ2v) is 10.1. The molecule has 4 aliphatic rings. The van der Waals surface area contributed by atoms with E-state index in [9.17, 15) is 19.5 Å². The van der Waals surface area contributed by atoms with Crippen LogP contribution in [-0.4, -0.2) is 53.7 Å². The zero-order chi connectivity index (χ0) is 23.4. The summed E-state index contributed by atoms with van der Waals surface area (Å²) in [5.41, 5.74) is 4.69. The molecule has 1 saturated heterocycles. The minimum Gasteiger partial charge on any atom is -0.481 e. The molecular weight excluding hydrogens is 432 g/mol. The quantitative estimate of drug-likeness (QED) is 0.660. The Bertz CT molecular complexity index is 1100. The summed E-state index contributed by atoms with van der Waals surface area (Å²) in [5.74, 6) is -0.567. The summed E-state index contributed by atoms with van der Waals surface area (Å²) >= 11 is 0. The molecule has 0 bridgehead atoms. The number of ether oxygens (including phenoxy) is 1. The summed E-state index contributed by atoms with van der Waals surface area (Å²) in [7, 11) is 0. The minimum absolute atomic E-state index is 0.00216. The molecule has 2 saturated carbocycles. The van der Waals surface area contributed by atoms with E-state index in [0.717, 1.165) is 24.0 Å². The van der Waals surface area contributed by atoms with Crippen LogP contribution in [0.5, 0.6) is 0 Å². The zero-order valence-corrected chi connectivity index (χ0v) is 18.9. The standard InChI is InChI=1S/C27H28N2O5/c30-24(29-12-20-21(13-29)25(20)26(31)32)11-23(15-9-10-15)28-27(33)34-14-22-18-7-3-1-5-16(18)17-6-2-4-8-19(17)22/h1-8,15,20-23,25H,9-14H2,(H,28,33)(H,31,32)/t20-,21+,23?,25?. The summed E-state index contributed by atoms with van der Waals surface area (Å²) in [5, 5.41) is 12.1. The van der Waals surface area contributed by atoms with E-state index in [2.05, 4.69) is 29.6 Å². The van der Waals surface area contributed by atoms with Crippen LogP contribution in [0.15, 0.2) is 48.5 Å². The lowest BCUT2D eigenvalue weighted by Gasteiger charge is -2.24. The smallest absolute Gasteiger partial charge is 0.407 e. The summed E-state index contributed by atoms with van der Waals surface area (Å²) in [6.07, 6.45) is 1.75. The zero-order valence-electron chi connectivity index (χ0n) is 18.9. The van der Waals surface area contributed by atoms with Gasteiger partial charge < -0.3 is 20.1 Å². The predicted octanol–water partition coefficient (Wildman–Crippen LogP) is 3.48. The van der Waals surface area contributed by atoms with Gasteiger partial charge in [0.25, 0.3) is 0 Å². The Hall–Kier alpha value is -3.35. The van der Waals surface area contributed by atoms with Crippen LogP contribution >= 0.6 is 0 Å². The average molecular weight is 461 g/mol. The van der Waals surface area contributed by atoms with Gasteiger partial charge in [-0.05, 0) is 52.8 Å². The molecule has 6 rings (SSSR count). The van der Waals surface area contributed by atoms with Crippen LogP contribution in [0.4, 0.5) is 4.79 Å². The molecule has 7 heteroatoms. The molecule has 1 heterocycles. The maximum Gasteiger partial charge on any atom is 0.407 e. The summed E-state index contributed by atoms with van der Waals surface area (Å²) in [4.78, 5) is 38.5. The van der Waals surface area contributed by atoms with Gasteiger partial charge in [-0.1, -0.05) is 48.5 Å². The number of amides is 2. The largest absolute Gasteiger partial charge is 0.481 e. The number of nitrogens with zero attached hydrogens (tertiary/aromatic N) is 1. The van der Waals surface area contributed by atoms with Crippen LogP contribution in [0.25, 0.3) is 11.1 Å². The van der Waals surface area contributed by atoms with E-state index < -0.39 is 12.1 Å². The first-order chi connectivity index (χ1) is 16.5. The number of alkyl carbamates (subject to hydrolysis) is 1. The van der Waals surface area contributed by atoms with Gasteiger partial charge in [0.1, 0.15) is 6.61 Å². The van der Waals surface area contributed by atoms with Crippen molar-refractivity contribution in [2.75, 3.05) is 19.7 Å². The van der Waals surface area contributed by atoms with Crippen LogP contribution in [0, 0.1) is 23.7 Å². The van der Waals surface area contributed by atoms with Crippen molar-refractivity contribution in [1.82, 2.24) is 10.2 Å². The van der Waals surface area contributed by atoms with Gasteiger partial charge in [-0.2, -0.15) is 0 Å². The second-order valence-electron chi connectivity index (χ2n) is 10.1. The van der Waals surface area contributed by atoms with E-state index in [1.54, 1.807) is 4.90 Å². The van der Waals surface area contributed by atoms with Crippen molar-refractivity contribution in [3.8, 4) is 11.1 Å². The number of piperidine rings is 1. The summed E-state index contributed by atoms with van der Waals surface area (Å²) < 4.78 is 5.68. The number of aliphatic carboxylic acids is 1. The van der Waals surface area contributed by atoms with Gasteiger partial charge in [0.05, 0.1) is 5.92 Å². The highest BCUT2D eigenvalue weighted by Gasteiger charge is 2.60. The first kappa shape index (κ1) is 21.2. The van der Waals surface area contributed by atoms with Crippen LogP contribution in [0.1, 0.15) is 36.3 Å². The molecule has 176 valence electrons. The van der Waals surface area contributed by atoms with E-state index >= 15 is 0 Å². The predicted molar refractivity (Wildman–Crippen MR) is 124 cm³/mol. The number of nitrogens with one attached hydrogen (secondary N) is 1. The third-order valence-corrected chi connectivity index (χ3v) is 8.06. The lowest BCUT2D eigenvalue weighted by Crippen LogP contribution is -2.42. The van der Waals surface area contributed by atoms with E-state index in [1.165, 1.54) is 11.1 Å². The number of fused-ring (bicyclic) bond motifs is 4. The van der Waals surface area contributed by atoms with Gasteiger partial charge in [-0.3, -0.25) is 9.59 Å². The maximum absolute atomic E-state index is 12.8. The van der Waals surface area contributed by atoms with E-state index in [0.29, 0.717) is 19.0 Å². The maximum atomic E-state index is 12.8. The highest BCUT2D eigenvalue weighted by Crippen LogP contribution is 2.52. The van der Waals surface area contributed by atoms with E-state index in [-0.39, 0.29) is 48.6 Å². The van der Waals surface area contributed by atoms with Gasteiger partial charge in [0.15, 0.2) is 0 Å². The van der Waals surface area contributed by atoms with Gasteiger partial charge >= 0.3 is 12.1 Å². The number of hydrogen-bond acceptors (Lipinski definition) is 4. The van der Waals surface area contributed by atoms with Crippen molar-refractivity contribution < 1.29 is 24.2 Å². The van der Waals surface area contributed by atoms with Crippen LogP contribution in [0.2, 0.25) is 0 Å². The fraction of sp³-hybridized carbons (Fsp3) is 0.444. The highest BCUT2D eigenvalue weighted by atomic mass is 16.5. The Labute approximate surface area is 198 Å². The van der Waals surface area contributed by atoms with Crippen molar-refractivity contribution in [2.24, 2.45) is 23.7 Å². The molecule has 7 nitrogen and oxygen atoms in total. The van der Waals surface area contributed by atoms with Gasteiger partial charge in [0.2, 0.25) is 5.91 Å². The molecule has 2 unspecified atom stereocenters. The SMILES string of the molecule is O=C(NC(CC(=O)N1C[C@@H]2C(C(=O)O)[C@@H]2C1)C1CC1)OCC1c2ccccc2-c2ccccc21. The van der Waals surface area contributed by atoms with Crippen molar-refractivity contribution in [1.29, 1.82) is 0 Å². The Balaban J connectivity index is 1.05. The Morgan fingerprint density at radius 2 is 1.56 bits per heavy atom. The van der Waals surface area contributed by atoms with Crippen molar-refractivity contribution in [3.63, 3.8) is 0 Å². The Kier molecular flexibility index (Phi) is 5.08. The molecule has 4 atom stereocenters. The molecular formula is C27H28N2O5. The molecule has 3 fully saturated rings. The number of carboxylic acid groups (broad SMARTS) is 1. The lowest BCUT2D eigenvalue weighted by atomic mass is 9.98. The first-order valence-corrected chi connectivity index (χ1v) is 12.1. The van der Waals surface area contributed by atoms with Crippen molar-refractivity contribution in [3.05, 3.63) is 59.7 Å². The molecule has 3 aliphatic carbocycles. The van der Waals surface area contributed by atoms with E-state index in [4.69, 9.17) is 4.74 Å². The highest BCUT2D eigenvalue weighted by molar-refractivity contribution is 5.81. The minimum atomic E-state index is -0.755. The van der Waals surface area contributed by atoms with Crippen LogP contribution < -0.4 is 5.32 Å². The molecule has 0 radical (unpaired) electrons. The molecule has 2 N–H and O–H groups in total. The third-order valence-electron chi connectivity index (χ3n) is 8.06. The summed E-state index contributed by atoms with van der Waals surface area (Å²) in [6.45, 7) is 1.28. The number of carboxylic acids is 1. The molecule has 0 aromatic heterocycles. The number of carbonyl (C=O) groups excluding carboxylic acids is 2. The molecule has 0 spiro atoms. The first-order valence-electron chi connectivity index (χ1n) is 12.1. The number of rotatable bonds is 7. The van der Waals surface area contributed by atoms with Gasteiger partial charge in [0, 0.05) is 31.5 Å². The molecule has 2 aromatic rings. The lowest BCUT2D eigenvalue weighted by molar-refractivity contribution is -0.141. The second kappa shape index (κ2) is 8.15. The molecule has 2 aromatic carbocycles. The molecule has 34 heavy (non-hydrogen) atoms. The fourth-order valence-corrected chi connectivity index (χ4v) is 6.04. The fourth-order valence-electron chi connectivity index (χ4n) is 6.04. The Morgan fingerprint density at radius 3 is 2.12 bits per heavy atom. The van der Waals surface area contributed by atoms with Crippen LogP contribution in [0.3, 0.4) is 0 Å². The molecule has 2 amide bonds. The topological polar surface area (TPSA) is 95.9 Å². The Morgan fingerprint density at radius 1 is 0.971 bits per heavy atom.